The van der Waals surface area contributed by atoms with Gasteiger partial charge in [0, 0.05) is 18.8 Å². The quantitative estimate of drug-likeness (QED) is 0.643. The molecule has 0 fully saturated rings. The highest BCUT2D eigenvalue weighted by Crippen LogP contribution is 2.39. The summed E-state index contributed by atoms with van der Waals surface area (Å²) in [5.74, 6) is -1.05. The molecule has 3 amide bonds. The van der Waals surface area contributed by atoms with Crippen LogP contribution in [0.5, 0.6) is 5.75 Å². The van der Waals surface area contributed by atoms with E-state index in [0.29, 0.717) is 0 Å². The van der Waals surface area contributed by atoms with Gasteiger partial charge in [-0.3, -0.25) is 19.2 Å². The van der Waals surface area contributed by atoms with E-state index in [1.165, 1.54) is 31.3 Å². The number of hydrogen-bond acceptors (Lipinski definition) is 7. The first kappa shape index (κ1) is 25.0. The van der Waals surface area contributed by atoms with Gasteiger partial charge in [0.25, 0.3) is 15.9 Å². The second-order valence-electron chi connectivity index (χ2n) is 8.67. The number of carbonyl (C=O) groups excluding carboxylic acids is 3. The Morgan fingerprint density at radius 1 is 1.32 bits per heavy atom. The van der Waals surface area contributed by atoms with Crippen LogP contribution < -0.4 is 19.7 Å². The van der Waals surface area contributed by atoms with Crippen molar-refractivity contribution in [1.82, 2.24) is 5.32 Å². The van der Waals surface area contributed by atoms with E-state index in [2.05, 4.69) is 22.2 Å². The molecule has 0 spiro atoms. The minimum Gasteiger partial charge on any atom is -0.484 e. The predicted molar refractivity (Wildman–Crippen MR) is 126 cm³/mol. The molecular formula is C22H26N4O7S. The van der Waals surface area contributed by atoms with Crippen molar-refractivity contribution in [2.24, 2.45) is 4.99 Å². The van der Waals surface area contributed by atoms with Crippen LogP contribution in [0, 0.1) is 0 Å². The number of aliphatic imine (C=N–C) groups is 1. The van der Waals surface area contributed by atoms with Crippen molar-refractivity contribution in [3.63, 3.8) is 0 Å². The van der Waals surface area contributed by atoms with Crippen molar-refractivity contribution in [1.29, 1.82) is 0 Å². The molecule has 34 heavy (non-hydrogen) atoms. The third kappa shape index (κ3) is 5.81. The smallest absolute Gasteiger partial charge is 0.412 e. The Bertz CT molecular complexity index is 1210. The third-order valence-corrected chi connectivity index (χ3v) is 6.33. The Kier molecular flexibility index (Phi) is 6.82. The summed E-state index contributed by atoms with van der Waals surface area (Å²) < 4.78 is 39.2. The van der Waals surface area contributed by atoms with E-state index in [9.17, 15) is 22.8 Å². The van der Waals surface area contributed by atoms with E-state index in [1.54, 1.807) is 20.8 Å². The number of nitrogens with one attached hydrogen (secondary N) is 2. The number of sulfonamides is 1. The van der Waals surface area contributed by atoms with Gasteiger partial charge in [0.15, 0.2) is 4.91 Å². The van der Waals surface area contributed by atoms with Crippen LogP contribution in [-0.4, -0.2) is 57.3 Å². The van der Waals surface area contributed by atoms with Crippen LogP contribution in [0.25, 0.3) is 0 Å². The lowest BCUT2D eigenvalue weighted by atomic mass is 10.2. The number of dihydropyridines is 1. The first-order valence-corrected chi connectivity index (χ1v) is 11.8. The molecule has 2 heterocycles. The first-order chi connectivity index (χ1) is 15.8. The number of benzene rings is 1. The molecule has 1 atom stereocenters. The van der Waals surface area contributed by atoms with Gasteiger partial charge >= 0.3 is 6.09 Å². The number of hydrogen-bond donors (Lipinski definition) is 2. The Labute approximate surface area is 197 Å². The van der Waals surface area contributed by atoms with Gasteiger partial charge in [-0.15, -0.1) is 0 Å². The normalized spacial score (nSPS) is 17.9. The molecule has 1 aromatic rings. The molecule has 0 radical (unpaired) electrons. The zero-order chi connectivity index (χ0) is 25.3. The van der Waals surface area contributed by atoms with Crippen LogP contribution in [0.2, 0.25) is 0 Å². The third-order valence-electron chi connectivity index (χ3n) is 4.56. The van der Waals surface area contributed by atoms with E-state index in [1.807, 2.05) is 0 Å². The van der Waals surface area contributed by atoms with Gasteiger partial charge in [0.2, 0.25) is 5.91 Å². The second kappa shape index (κ2) is 9.29. The maximum absolute atomic E-state index is 13.5. The van der Waals surface area contributed by atoms with Crippen molar-refractivity contribution in [2.45, 2.75) is 39.4 Å². The molecular weight excluding hydrogens is 464 g/mol. The maximum atomic E-state index is 13.5. The Morgan fingerprint density at radius 2 is 2.03 bits per heavy atom. The van der Waals surface area contributed by atoms with Crippen LogP contribution in [0.4, 0.5) is 16.2 Å². The molecule has 0 aromatic heterocycles. The highest BCUT2D eigenvalue weighted by atomic mass is 32.2. The zero-order valence-corrected chi connectivity index (χ0v) is 20.1. The zero-order valence-electron chi connectivity index (χ0n) is 19.2. The molecule has 2 aliphatic heterocycles. The molecule has 12 heteroatoms. The predicted octanol–water partition coefficient (Wildman–Crippen LogP) is 2.12. The summed E-state index contributed by atoms with van der Waals surface area (Å²) in [4.78, 5) is 38.9. The van der Waals surface area contributed by atoms with Gasteiger partial charge in [0.1, 0.15) is 17.5 Å². The number of nitrogens with zero attached hydrogens (tertiary/aromatic N) is 2. The first-order valence-electron chi connectivity index (χ1n) is 10.3. The van der Waals surface area contributed by atoms with E-state index < -0.39 is 38.6 Å². The molecule has 3 rings (SSSR count). The maximum Gasteiger partial charge on any atom is 0.412 e. The molecule has 182 valence electrons. The average molecular weight is 491 g/mol. The highest BCUT2D eigenvalue weighted by Gasteiger charge is 2.39. The minimum atomic E-state index is -4.39. The lowest BCUT2D eigenvalue weighted by Crippen LogP contribution is -2.49. The summed E-state index contributed by atoms with van der Waals surface area (Å²) >= 11 is 0. The monoisotopic (exact) mass is 490 g/mol. The average Bonchev–Trinajstić information content (AvgIpc) is 2.71. The number of fused-ring (bicyclic) bond motifs is 1. The summed E-state index contributed by atoms with van der Waals surface area (Å²) in [7, 11) is -4.39. The number of rotatable bonds is 5. The summed E-state index contributed by atoms with van der Waals surface area (Å²) in [5, 5.41) is 5.15. The highest BCUT2D eigenvalue weighted by molar-refractivity contribution is 7.97. The van der Waals surface area contributed by atoms with Crippen LogP contribution in [0.3, 0.4) is 0 Å². The molecule has 1 aromatic carbocycles. The molecule has 0 aliphatic carbocycles. The fraction of sp³-hybridized carbons (Fsp3) is 0.364. The van der Waals surface area contributed by atoms with Gasteiger partial charge < -0.3 is 14.8 Å². The fourth-order valence-corrected chi connectivity index (χ4v) is 4.75. The SMILES string of the molecule is C=C1C=NC(=O)C(S(=O)(=O)N2C[C@H](CNC(C)=O)Oc3ccc(NC(=O)OC(C)(C)C)cc32)=C1. The standard InChI is InChI=1S/C22H26N4O7S/c1-13-8-19(20(28)24-10-13)34(30,31)26-12-16(11-23-14(2)27)32-18-7-6-15(9-17(18)26)25-21(29)33-22(3,4)5/h6-10,16H,1,11-12H2,2-5H3,(H,23,27)(H,25,29)/t16-/m0/s1. The molecule has 0 saturated heterocycles. The summed E-state index contributed by atoms with van der Waals surface area (Å²) in [6.45, 7) is 9.94. The van der Waals surface area contributed by atoms with Gasteiger partial charge in [-0.2, -0.15) is 0 Å². The topological polar surface area (TPSA) is 143 Å². The number of amides is 3. The van der Waals surface area contributed by atoms with Crippen molar-refractivity contribution < 1.29 is 32.3 Å². The molecule has 2 N–H and O–H groups in total. The molecule has 11 nitrogen and oxygen atoms in total. The molecule has 2 aliphatic rings. The van der Waals surface area contributed by atoms with Gasteiger partial charge in [-0.05, 0) is 50.6 Å². The van der Waals surface area contributed by atoms with Crippen molar-refractivity contribution in [3.8, 4) is 5.75 Å². The Morgan fingerprint density at radius 3 is 2.68 bits per heavy atom. The molecule has 0 bridgehead atoms. The lowest BCUT2D eigenvalue weighted by Gasteiger charge is -2.36. The van der Waals surface area contributed by atoms with E-state index in [0.717, 1.165) is 10.4 Å². The second-order valence-corrected chi connectivity index (χ2v) is 10.5. The van der Waals surface area contributed by atoms with Gasteiger partial charge in [0.05, 0.1) is 18.8 Å². The minimum absolute atomic E-state index is 0.0383. The van der Waals surface area contributed by atoms with Crippen molar-refractivity contribution >= 4 is 45.5 Å². The van der Waals surface area contributed by atoms with E-state index in [4.69, 9.17) is 9.47 Å². The lowest BCUT2D eigenvalue weighted by molar-refractivity contribution is -0.119. The Balaban J connectivity index is 2.00. The number of anilines is 2. The van der Waals surface area contributed by atoms with E-state index >= 15 is 0 Å². The van der Waals surface area contributed by atoms with Crippen molar-refractivity contribution in [3.05, 3.63) is 41.3 Å². The Hall–Kier alpha value is -3.67. The van der Waals surface area contributed by atoms with Crippen molar-refractivity contribution in [2.75, 3.05) is 22.7 Å². The summed E-state index contributed by atoms with van der Waals surface area (Å²) in [5.41, 5.74) is -0.128. The molecule has 0 saturated carbocycles. The van der Waals surface area contributed by atoms with Crippen LogP contribution in [-0.2, 0) is 24.3 Å². The summed E-state index contributed by atoms with van der Waals surface area (Å²) in [6.07, 6.45) is 0.863. The van der Waals surface area contributed by atoms with Crippen LogP contribution >= 0.6 is 0 Å². The fourth-order valence-electron chi connectivity index (χ4n) is 3.18. The van der Waals surface area contributed by atoms with Gasteiger partial charge in [-0.25, -0.2) is 18.2 Å². The summed E-state index contributed by atoms with van der Waals surface area (Å²) in [6, 6.07) is 4.40. The molecule has 0 unspecified atom stereocenters. The number of allylic oxidation sites excluding steroid dienone is 2. The van der Waals surface area contributed by atoms with Crippen LogP contribution in [0.15, 0.2) is 46.3 Å². The largest absolute Gasteiger partial charge is 0.484 e. The van der Waals surface area contributed by atoms with Gasteiger partial charge in [-0.1, -0.05) is 6.58 Å². The number of carbonyl (C=O) groups is 3. The van der Waals surface area contributed by atoms with Crippen LogP contribution in [0.1, 0.15) is 27.7 Å². The number of ether oxygens (including phenoxy) is 2. The van der Waals surface area contributed by atoms with E-state index in [-0.39, 0.29) is 41.7 Å².